The highest BCUT2D eigenvalue weighted by atomic mass is 16.4. The van der Waals surface area contributed by atoms with Crippen LogP contribution in [0.4, 0.5) is 0 Å². The van der Waals surface area contributed by atoms with Crippen LogP contribution >= 0.6 is 0 Å². The number of carboxylic acids is 1. The first kappa shape index (κ1) is 11.8. The van der Waals surface area contributed by atoms with Crippen LogP contribution in [-0.2, 0) is 4.79 Å². The van der Waals surface area contributed by atoms with Crippen molar-refractivity contribution in [3.63, 3.8) is 0 Å². The molecule has 0 aromatic heterocycles. The van der Waals surface area contributed by atoms with Crippen LogP contribution in [-0.4, -0.2) is 72.7 Å². The summed E-state index contributed by atoms with van der Waals surface area (Å²) in [6.07, 6.45) is 2.31. The molecule has 2 saturated heterocycles. The van der Waals surface area contributed by atoms with Crippen molar-refractivity contribution in [2.24, 2.45) is 0 Å². The highest BCUT2D eigenvalue weighted by Crippen LogP contribution is 2.18. The third-order valence-corrected chi connectivity index (χ3v) is 3.64. The van der Waals surface area contributed by atoms with Crippen LogP contribution < -0.4 is 5.32 Å². The van der Waals surface area contributed by atoms with Gasteiger partial charge in [0.05, 0.1) is 0 Å². The fraction of sp³-hybridized carbons (Fsp3) is 0.909. The molecule has 16 heavy (non-hydrogen) atoms. The molecule has 5 heteroatoms. The molecule has 0 bridgehead atoms. The Labute approximate surface area is 96.4 Å². The molecule has 0 radical (unpaired) electrons. The smallest absolute Gasteiger partial charge is 0.322 e. The fourth-order valence-corrected chi connectivity index (χ4v) is 2.80. The lowest BCUT2D eigenvalue weighted by Crippen LogP contribution is -2.61. The van der Waals surface area contributed by atoms with Crippen LogP contribution in [0.25, 0.3) is 0 Å². The molecule has 0 amide bonds. The van der Waals surface area contributed by atoms with Gasteiger partial charge in [0.1, 0.15) is 6.04 Å². The van der Waals surface area contributed by atoms with Crippen LogP contribution in [0.15, 0.2) is 0 Å². The number of hydrogen-bond acceptors (Lipinski definition) is 4. The molecule has 0 aliphatic carbocycles. The number of carboxylic acid groups (broad SMARTS) is 1. The number of likely N-dealkylation sites (tertiary alicyclic amines) is 1. The lowest BCUT2D eigenvalue weighted by atomic mass is 10.0. The molecule has 5 nitrogen and oxygen atoms in total. The van der Waals surface area contributed by atoms with E-state index in [1.165, 1.54) is 6.42 Å². The third kappa shape index (κ3) is 2.53. The van der Waals surface area contributed by atoms with Gasteiger partial charge < -0.3 is 15.3 Å². The molecule has 2 unspecified atom stereocenters. The molecule has 0 spiro atoms. The average molecular weight is 227 g/mol. The van der Waals surface area contributed by atoms with Gasteiger partial charge in [-0.15, -0.1) is 0 Å². The van der Waals surface area contributed by atoms with E-state index in [1.807, 2.05) is 0 Å². The molecule has 2 fully saturated rings. The second-order valence-electron chi connectivity index (χ2n) is 4.85. The summed E-state index contributed by atoms with van der Waals surface area (Å²) in [5.74, 6) is -0.694. The Bertz CT molecular complexity index is 260. The van der Waals surface area contributed by atoms with Crippen molar-refractivity contribution < 1.29 is 9.90 Å². The van der Waals surface area contributed by atoms with Crippen LogP contribution in [0.3, 0.4) is 0 Å². The van der Waals surface area contributed by atoms with E-state index >= 15 is 0 Å². The number of aliphatic carboxylic acids is 1. The van der Waals surface area contributed by atoms with Crippen molar-refractivity contribution in [3.05, 3.63) is 0 Å². The summed E-state index contributed by atoms with van der Waals surface area (Å²) < 4.78 is 0. The minimum absolute atomic E-state index is 0.342. The van der Waals surface area contributed by atoms with Crippen LogP contribution in [0.5, 0.6) is 0 Å². The summed E-state index contributed by atoms with van der Waals surface area (Å²) in [5, 5.41) is 12.4. The summed E-state index contributed by atoms with van der Waals surface area (Å²) in [7, 11) is 2.12. The zero-order valence-electron chi connectivity index (χ0n) is 9.85. The summed E-state index contributed by atoms with van der Waals surface area (Å²) >= 11 is 0. The highest BCUT2D eigenvalue weighted by Gasteiger charge is 2.34. The van der Waals surface area contributed by atoms with Gasteiger partial charge in [-0.05, 0) is 26.4 Å². The second kappa shape index (κ2) is 5.12. The summed E-state index contributed by atoms with van der Waals surface area (Å²) in [5.41, 5.74) is 0. The average Bonchev–Trinajstić information content (AvgIpc) is 2.29. The molecule has 2 heterocycles. The number of carbonyl (C=O) groups is 1. The van der Waals surface area contributed by atoms with Gasteiger partial charge >= 0.3 is 5.97 Å². The number of piperidine rings is 1. The van der Waals surface area contributed by atoms with Crippen LogP contribution in [0.1, 0.15) is 12.8 Å². The molecule has 92 valence electrons. The van der Waals surface area contributed by atoms with Gasteiger partial charge in [0.25, 0.3) is 0 Å². The largest absolute Gasteiger partial charge is 0.480 e. The quantitative estimate of drug-likeness (QED) is 0.662. The molecule has 2 rings (SSSR count). The molecular formula is C11H21N3O2. The Morgan fingerprint density at radius 3 is 2.94 bits per heavy atom. The number of nitrogens with zero attached hydrogens (tertiary/aromatic N) is 2. The SMILES string of the molecule is CN1CCCC(N2CCNCC2C(=O)O)C1. The van der Waals surface area contributed by atoms with Crippen molar-refractivity contribution in [1.82, 2.24) is 15.1 Å². The van der Waals surface area contributed by atoms with E-state index < -0.39 is 5.97 Å². The zero-order chi connectivity index (χ0) is 11.5. The summed E-state index contributed by atoms with van der Waals surface area (Å²) in [4.78, 5) is 15.7. The number of nitrogens with one attached hydrogen (secondary N) is 1. The van der Waals surface area contributed by atoms with E-state index in [0.29, 0.717) is 12.6 Å². The van der Waals surface area contributed by atoms with Gasteiger partial charge in [-0.1, -0.05) is 0 Å². The second-order valence-corrected chi connectivity index (χ2v) is 4.85. The number of hydrogen-bond donors (Lipinski definition) is 2. The van der Waals surface area contributed by atoms with Crippen molar-refractivity contribution in [2.45, 2.75) is 24.9 Å². The number of piperazine rings is 1. The normalized spacial score (nSPS) is 33.8. The first-order valence-corrected chi connectivity index (χ1v) is 6.06. The summed E-state index contributed by atoms with van der Waals surface area (Å²) in [6.45, 7) is 4.49. The van der Waals surface area contributed by atoms with E-state index in [9.17, 15) is 9.90 Å². The Morgan fingerprint density at radius 1 is 1.44 bits per heavy atom. The minimum Gasteiger partial charge on any atom is -0.480 e. The lowest BCUT2D eigenvalue weighted by molar-refractivity contribution is -0.145. The molecule has 0 saturated carbocycles. The maximum Gasteiger partial charge on any atom is 0.322 e. The Hall–Kier alpha value is -0.650. The van der Waals surface area contributed by atoms with Gasteiger partial charge in [-0.3, -0.25) is 9.69 Å². The predicted molar refractivity (Wildman–Crippen MR) is 61.5 cm³/mol. The van der Waals surface area contributed by atoms with Crippen molar-refractivity contribution in [1.29, 1.82) is 0 Å². The van der Waals surface area contributed by atoms with Gasteiger partial charge in [0.15, 0.2) is 0 Å². The van der Waals surface area contributed by atoms with E-state index in [1.54, 1.807) is 0 Å². The molecule has 2 N–H and O–H groups in total. The maximum absolute atomic E-state index is 11.2. The topological polar surface area (TPSA) is 55.8 Å². The van der Waals surface area contributed by atoms with E-state index in [-0.39, 0.29) is 6.04 Å². The van der Waals surface area contributed by atoms with E-state index in [2.05, 4.69) is 22.2 Å². The van der Waals surface area contributed by atoms with Crippen LogP contribution in [0, 0.1) is 0 Å². The highest BCUT2D eigenvalue weighted by molar-refractivity contribution is 5.74. The third-order valence-electron chi connectivity index (χ3n) is 3.64. The fourth-order valence-electron chi connectivity index (χ4n) is 2.80. The Balaban J connectivity index is 2.01. The molecular weight excluding hydrogens is 206 g/mol. The predicted octanol–water partition coefficient (Wildman–Crippen LogP) is -0.561. The number of rotatable bonds is 2. The van der Waals surface area contributed by atoms with E-state index in [0.717, 1.165) is 32.6 Å². The monoisotopic (exact) mass is 227 g/mol. The maximum atomic E-state index is 11.2. The first-order chi connectivity index (χ1) is 7.68. The Kier molecular flexibility index (Phi) is 3.78. The van der Waals surface area contributed by atoms with E-state index in [4.69, 9.17) is 0 Å². The van der Waals surface area contributed by atoms with Gasteiger partial charge in [0.2, 0.25) is 0 Å². The number of likely N-dealkylation sites (N-methyl/N-ethyl adjacent to an activating group) is 1. The van der Waals surface area contributed by atoms with Gasteiger partial charge in [-0.25, -0.2) is 0 Å². The zero-order valence-corrected chi connectivity index (χ0v) is 9.85. The minimum atomic E-state index is -0.694. The van der Waals surface area contributed by atoms with Crippen molar-refractivity contribution >= 4 is 5.97 Å². The molecule has 2 aliphatic heterocycles. The van der Waals surface area contributed by atoms with Crippen LogP contribution in [0.2, 0.25) is 0 Å². The lowest BCUT2D eigenvalue weighted by Gasteiger charge is -2.43. The first-order valence-electron chi connectivity index (χ1n) is 6.06. The van der Waals surface area contributed by atoms with Crippen molar-refractivity contribution in [2.75, 3.05) is 39.8 Å². The molecule has 0 aromatic rings. The van der Waals surface area contributed by atoms with Crippen molar-refractivity contribution in [3.8, 4) is 0 Å². The van der Waals surface area contributed by atoms with Gasteiger partial charge in [-0.2, -0.15) is 0 Å². The van der Waals surface area contributed by atoms with Gasteiger partial charge in [0, 0.05) is 32.2 Å². The molecule has 2 atom stereocenters. The molecule has 0 aromatic carbocycles. The summed E-state index contributed by atoms with van der Waals surface area (Å²) in [6, 6.07) is 0.0761. The Morgan fingerprint density at radius 2 is 2.25 bits per heavy atom. The molecule has 2 aliphatic rings. The standard InChI is InChI=1S/C11H21N3O2/c1-13-5-2-3-9(8-13)14-6-4-12-7-10(14)11(15)16/h9-10,12H,2-8H2,1H3,(H,15,16).